The number of aryl methyl sites for hydroxylation is 1. The second-order valence-electron chi connectivity index (χ2n) is 5.87. The van der Waals surface area contributed by atoms with Crippen LogP contribution >= 0.6 is 11.3 Å². The molecule has 0 unspecified atom stereocenters. The van der Waals surface area contributed by atoms with E-state index in [0.29, 0.717) is 5.56 Å². The van der Waals surface area contributed by atoms with Crippen LogP contribution in [0.1, 0.15) is 22.3 Å². The number of anilines is 2. The largest absolute Gasteiger partial charge is 0.376 e. The minimum absolute atomic E-state index is 0.0180. The predicted molar refractivity (Wildman–Crippen MR) is 106 cm³/mol. The summed E-state index contributed by atoms with van der Waals surface area (Å²) < 4.78 is 0. The van der Waals surface area contributed by atoms with Crippen molar-refractivity contribution in [3.63, 3.8) is 0 Å². The molecule has 6 heteroatoms. The average molecular weight is 365 g/mol. The van der Waals surface area contributed by atoms with Gasteiger partial charge in [0.25, 0.3) is 0 Å². The quantitative estimate of drug-likeness (QED) is 0.636. The van der Waals surface area contributed by atoms with E-state index in [2.05, 4.69) is 15.6 Å². The Hall–Kier alpha value is -2.99. The Morgan fingerprint density at radius 3 is 2.50 bits per heavy atom. The first-order valence-corrected chi connectivity index (χ1v) is 9.06. The summed E-state index contributed by atoms with van der Waals surface area (Å²) in [4.78, 5) is 27.9. The van der Waals surface area contributed by atoms with Crippen molar-refractivity contribution in [3.05, 3.63) is 64.5 Å². The number of nitrogens with zero attached hydrogens (tertiary/aromatic N) is 1. The molecule has 0 aliphatic carbocycles. The number of hydrogen-bond acceptors (Lipinski definition) is 5. The number of amides is 1. The highest BCUT2D eigenvalue weighted by molar-refractivity contribution is 7.09. The second-order valence-corrected chi connectivity index (χ2v) is 6.93. The zero-order chi connectivity index (χ0) is 18.5. The van der Waals surface area contributed by atoms with E-state index in [1.54, 1.807) is 35.6 Å². The van der Waals surface area contributed by atoms with E-state index in [0.717, 1.165) is 27.6 Å². The van der Waals surface area contributed by atoms with E-state index in [1.165, 1.54) is 6.92 Å². The Morgan fingerprint density at radius 1 is 1.08 bits per heavy atom. The lowest BCUT2D eigenvalue weighted by Gasteiger charge is -2.09. The molecule has 2 aromatic carbocycles. The normalized spacial score (nSPS) is 10.4. The van der Waals surface area contributed by atoms with Crippen LogP contribution in [0.3, 0.4) is 0 Å². The molecule has 0 bridgehead atoms. The van der Waals surface area contributed by atoms with Gasteiger partial charge in [0.2, 0.25) is 5.91 Å². The number of aromatic nitrogens is 1. The molecular weight excluding hydrogens is 346 g/mol. The lowest BCUT2D eigenvalue weighted by Crippen LogP contribution is -2.21. The smallest absolute Gasteiger partial charge is 0.243 e. The topological polar surface area (TPSA) is 71.1 Å². The fraction of sp³-hybridized carbons (Fsp3) is 0.150. The van der Waals surface area contributed by atoms with Crippen LogP contribution in [0.15, 0.2) is 53.9 Å². The molecule has 3 aromatic rings. The molecule has 2 N–H and O–H groups in total. The van der Waals surface area contributed by atoms with Crippen molar-refractivity contribution in [2.45, 2.75) is 13.8 Å². The number of ketones is 1. The lowest BCUT2D eigenvalue weighted by atomic mass is 10.1. The van der Waals surface area contributed by atoms with Gasteiger partial charge in [0, 0.05) is 27.9 Å². The summed E-state index contributed by atoms with van der Waals surface area (Å²) >= 11 is 1.60. The van der Waals surface area contributed by atoms with Crippen LogP contribution in [-0.2, 0) is 4.79 Å². The van der Waals surface area contributed by atoms with Crippen molar-refractivity contribution in [1.82, 2.24) is 4.98 Å². The molecule has 132 valence electrons. The summed E-state index contributed by atoms with van der Waals surface area (Å²) in [7, 11) is 0. The van der Waals surface area contributed by atoms with Crippen molar-refractivity contribution in [3.8, 4) is 11.3 Å². The van der Waals surface area contributed by atoms with E-state index in [9.17, 15) is 9.59 Å². The first-order valence-electron chi connectivity index (χ1n) is 8.18. The highest BCUT2D eigenvalue weighted by Gasteiger charge is 2.06. The van der Waals surface area contributed by atoms with E-state index in [1.807, 2.05) is 36.6 Å². The summed E-state index contributed by atoms with van der Waals surface area (Å²) in [5.41, 5.74) is 4.05. The fourth-order valence-electron chi connectivity index (χ4n) is 2.46. The third-order valence-electron chi connectivity index (χ3n) is 3.81. The van der Waals surface area contributed by atoms with Gasteiger partial charge in [0.05, 0.1) is 17.2 Å². The van der Waals surface area contributed by atoms with Gasteiger partial charge in [-0.2, -0.15) is 0 Å². The van der Waals surface area contributed by atoms with Crippen LogP contribution in [0.25, 0.3) is 11.3 Å². The Balaban J connectivity index is 1.59. The van der Waals surface area contributed by atoms with Gasteiger partial charge >= 0.3 is 0 Å². The number of hydrogen-bond donors (Lipinski definition) is 2. The standard InChI is InChI=1S/C20H19N3O2S/c1-13(24)15-6-8-17(9-7-15)21-11-20(25)23-18-5-3-4-16(10-18)19-12-26-14(2)22-19/h3-10,12,21H,11H2,1-2H3,(H,23,25). The monoisotopic (exact) mass is 365 g/mol. The molecule has 0 fully saturated rings. The zero-order valence-corrected chi connectivity index (χ0v) is 15.4. The third kappa shape index (κ3) is 4.55. The number of rotatable bonds is 6. The highest BCUT2D eigenvalue weighted by Crippen LogP contribution is 2.24. The third-order valence-corrected chi connectivity index (χ3v) is 4.58. The maximum Gasteiger partial charge on any atom is 0.243 e. The first-order chi connectivity index (χ1) is 12.5. The number of Topliss-reactive ketones (excluding diaryl/α,β-unsaturated/α-hetero) is 1. The molecule has 5 nitrogen and oxygen atoms in total. The van der Waals surface area contributed by atoms with Gasteiger partial charge in [-0.3, -0.25) is 9.59 Å². The van der Waals surface area contributed by atoms with Gasteiger partial charge in [-0.25, -0.2) is 4.98 Å². The molecule has 1 aromatic heterocycles. The van der Waals surface area contributed by atoms with Crippen molar-refractivity contribution in [1.29, 1.82) is 0 Å². The minimum Gasteiger partial charge on any atom is -0.376 e. The summed E-state index contributed by atoms with van der Waals surface area (Å²) in [6, 6.07) is 14.7. The van der Waals surface area contributed by atoms with Gasteiger partial charge in [0.1, 0.15) is 0 Å². The number of thiazole rings is 1. The number of carbonyl (C=O) groups excluding carboxylic acids is 2. The van der Waals surface area contributed by atoms with Gasteiger partial charge in [0.15, 0.2) is 5.78 Å². The molecule has 0 aliphatic heterocycles. The summed E-state index contributed by atoms with van der Waals surface area (Å²) in [5, 5.41) is 8.94. The van der Waals surface area contributed by atoms with Crippen LogP contribution in [0.2, 0.25) is 0 Å². The molecule has 26 heavy (non-hydrogen) atoms. The van der Waals surface area contributed by atoms with Crippen LogP contribution in [0, 0.1) is 6.92 Å². The molecule has 0 atom stereocenters. The van der Waals surface area contributed by atoms with Gasteiger partial charge in [-0.1, -0.05) is 12.1 Å². The second kappa shape index (κ2) is 7.93. The number of benzene rings is 2. The Morgan fingerprint density at radius 2 is 1.85 bits per heavy atom. The molecule has 0 aliphatic rings. The molecule has 0 radical (unpaired) electrons. The molecular formula is C20H19N3O2S. The Kier molecular flexibility index (Phi) is 5.43. The van der Waals surface area contributed by atoms with Crippen molar-refractivity contribution in [2.75, 3.05) is 17.2 Å². The Bertz CT molecular complexity index is 932. The maximum absolute atomic E-state index is 12.2. The fourth-order valence-corrected chi connectivity index (χ4v) is 3.08. The van der Waals surface area contributed by atoms with Crippen molar-refractivity contribution in [2.24, 2.45) is 0 Å². The summed E-state index contributed by atoms with van der Waals surface area (Å²) in [5.74, 6) is -0.128. The predicted octanol–water partition coefficient (Wildman–Crippen LogP) is 4.37. The van der Waals surface area contributed by atoms with Crippen LogP contribution in [-0.4, -0.2) is 23.2 Å². The minimum atomic E-state index is -0.146. The maximum atomic E-state index is 12.2. The van der Waals surface area contributed by atoms with Crippen LogP contribution < -0.4 is 10.6 Å². The molecule has 0 saturated heterocycles. The van der Waals surface area contributed by atoms with E-state index in [-0.39, 0.29) is 18.2 Å². The van der Waals surface area contributed by atoms with Gasteiger partial charge < -0.3 is 10.6 Å². The van der Waals surface area contributed by atoms with E-state index >= 15 is 0 Å². The summed E-state index contributed by atoms with van der Waals surface area (Å²) in [6.07, 6.45) is 0. The SMILES string of the molecule is CC(=O)c1ccc(NCC(=O)Nc2cccc(-c3csc(C)n3)c2)cc1. The first kappa shape index (κ1) is 17.8. The molecule has 0 spiro atoms. The average Bonchev–Trinajstić information content (AvgIpc) is 3.07. The Labute approximate surface area is 156 Å². The van der Waals surface area contributed by atoms with Crippen LogP contribution in [0.5, 0.6) is 0 Å². The number of carbonyl (C=O) groups is 2. The molecule has 1 heterocycles. The zero-order valence-electron chi connectivity index (χ0n) is 14.6. The van der Waals surface area contributed by atoms with Gasteiger partial charge in [-0.15, -0.1) is 11.3 Å². The number of nitrogens with one attached hydrogen (secondary N) is 2. The van der Waals surface area contributed by atoms with Crippen molar-refractivity contribution >= 4 is 34.4 Å². The molecule has 0 saturated carbocycles. The molecule has 1 amide bonds. The lowest BCUT2D eigenvalue weighted by molar-refractivity contribution is -0.114. The van der Waals surface area contributed by atoms with Gasteiger partial charge in [-0.05, 0) is 50.2 Å². The van der Waals surface area contributed by atoms with E-state index in [4.69, 9.17) is 0 Å². The van der Waals surface area contributed by atoms with Crippen molar-refractivity contribution < 1.29 is 9.59 Å². The molecule has 3 rings (SSSR count). The summed E-state index contributed by atoms with van der Waals surface area (Å²) in [6.45, 7) is 3.63. The highest BCUT2D eigenvalue weighted by atomic mass is 32.1. The van der Waals surface area contributed by atoms with Crippen LogP contribution in [0.4, 0.5) is 11.4 Å². The van der Waals surface area contributed by atoms with E-state index < -0.39 is 0 Å².